The number of rotatable bonds is 4. The molecule has 0 saturated carbocycles. The molecule has 0 unspecified atom stereocenters. The molecule has 0 rings (SSSR count). The quantitative estimate of drug-likeness (QED) is 0.738. The number of hydrogen-bond donors (Lipinski definition) is 0. The van der Waals surface area contributed by atoms with Crippen LogP contribution in [0.25, 0.3) is 0 Å². The van der Waals surface area contributed by atoms with Gasteiger partial charge in [0.2, 0.25) is 0 Å². The number of halogens is 1. The van der Waals surface area contributed by atoms with Gasteiger partial charge in [0.05, 0.1) is 0 Å². The first-order valence-corrected chi connectivity index (χ1v) is 5.01. The maximum absolute atomic E-state index is 3.92. The third-order valence-corrected chi connectivity index (χ3v) is 2.35. The van der Waals surface area contributed by atoms with Gasteiger partial charge in [-0.05, 0) is 35.8 Å². The highest BCUT2D eigenvalue weighted by atomic mass is 79.9. The summed E-state index contributed by atoms with van der Waals surface area (Å²) >= 11 is 5.02. The molecule has 0 aliphatic heterocycles. The van der Waals surface area contributed by atoms with Crippen molar-refractivity contribution in [2.45, 2.75) is 6.92 Å². The van der Waals surface area contributed by atoms with E-state index in [-0.39, 0.29) is 0 Å². The molecule has 0 aromatic heterocycles. The lowest BCUT2D eigenvalue weighted by molar-refractivity contribution is 0.454. The first-order chi connectivity index (χ1) is 5.02. The number of thioether (sulfide) groups is 1. The molecular formula is C8H14BrNS. The van der Waals surface area contributed by atoms with Crippen LogP contribution in [0.4, 0.5) is 0 Å². The molecule has 0 aliphatic carbocycles. The molecule has 0 fully saturated rings. The average molecular weight is 236 g/mol. The van der Waals surface area contributed by atoms with E-state index in [1.54, 1.807) is 11.8 Å². The van der Waals surface area contributed by atoms with Gasteiger partial charge in [-0.1, -0.05) is 22.5 Å². The van der Waals surface area contributed by atoms with E-state index in [9.17, 15) is 0 Å². The van der Waals surface area contributed by atoms with Gasteiger partial charge in [0.15, 0.2) is 0 Å². The predicted molar refractivity (Wildman–Crippen MR) is 58.0 cm³/mol. The second-order valence-corrected chi connectivity index (χ2v) is 4.90. The van der Waals surface area contributed by atoms with Gasteiger partial charge in [0, 0.05) is 6.54 Å². The predicted octanol–water partition coefficient (Wildman–Crippen LogP) is 3.05. The molecule has 0 saturated heterocycles. The van der Waals surface area contributed by atoms with Crippen molar-refractivity contribution >= 4 is 27.7 Å². The third kappa shape index (κ3) is 8.17. The minimum Gasteiger partial charge on any atom is -0.305 e. The highest BCUT2D eigenvalue weighted by molar-refractivity contribution is 9.11. The molecule has 0 atom stereocenters. The van der Waals surface area contributed by atoms with Crippen molar-refractivity contribution in [1.29, 1.82) is 0 Å². The zero-order chi connectivity index (χ0) is 8.85. The summed E-state index contributed by atoms with van der Waals surface area (Å²) in [5.41, 5.74) is 0. The Labute approximate surface area is 81.7 Å². The molecule has 11 heavy (non-hydrogen) atoms. The Kier molecular flexibility index (Phi) is 6.01. The van der Waals surface area contributed by atoms with Crippen molar-refractivity contribution in [3.05, 3.63) is 21.4 Å². The van der Waals surface area contributed by atoms with Gasteiger partial charge < -0.3 is 4.90 Å². The van der Waals surface area contributed by atoms with Gasteiger partial charge in [-0.2, -0.15) is 0 Å². The summed E-state index contributed by atoms with van der Waals surface area (Å²) in [4.78, 5) is 3.26. The molecule has 0 aromatic rings. The first-order valence-electron chi connectivity index (χ1n) is 3.34. The molecule has 0 bridgehead atoms. The van der Waals surface area contributed by atoms with Gasteiger partial charge in [0.1, 0.15) is 0 Å². The molecule has 0 amide bonds. The summed E-state index contributed by atoms with van der Waals surface area (Å²) in [6, 6.07) is 0. The summed E-state index contributed by atoms with van der Waals surface area (Å²) in [6.07, 6.45) is 0. The van der Waals surface area contributed by atoms with E-state index >= 15 is 0 Å². The smallest absolute Gasteiger partial charge is 0.0284 e. The number of hydrogen-bond acceptors (Lipinski definition) is 2. The van der Waals surface area contributed by atoms with E-state index in [1.807, 2.05) is 26.4 Å². The molecule has 1 nitrogen and oxygen atoms in total. The van der Waals surface area contributed by atoms with Crippen LogP contribution in [-0.2, 0) is 0 Å². The van der Waals surface area contributed by atoms with Gasteiger partial charge in [-0.3, -0.25) is 0 Å². The molecular weight excluding hydrogens is 222 g/mol. The Hall–Kier alpha value is 0.270. The lowest BCUT2D eigenvalue weighted by Crippen LogP contribution is -2.12. The fourth-order valence-electron chi connectivity index (χ4n) is 0.555. The second kappa shape index (κ2) is 5.86. The summed E-state index contributed by atoms with van der Waals surface area (Å²) in [7, 11) is 4.08. The van der Waals surface area contributed by atoms with Crippen molar-refractivity contribution < 1.29 is 0 Å². The molecule has 0 radical (unpaired) electrons. The molecule has 0 heterocycles. The van der Waals surface area contributed by atoms with E-state index in [0.717, 1.165) is 15.9 Å². The Bertz CT molecular complexity index is 159. The van der Waals surface area contributed by atoms with Crippen molar-refractivity contribution in [1.82, 2.24) is 4.90 Å². The first kappa shape index (κ1) is 11.3. The van der Waals surface area contributed by atoms with Crippen LogP contribution in [0.15, 0.2) is 21.4 Å². The Morgan fingerprint density at radius 1 is 1.64 bits per heavy atom. The maximum atomic E-state index is 3.92. The second-order valence-electron chi connectivity index (χ2n) is 2.60. The van der Waals surface area contributed by atoms with Gasteiger partial charge >= 0.3 is 0 Å². The Balaban J connectivity index is 3.62. The van der Waals surface area contributed by atoms with E-state index in [4.69, 9.17) is 0 Å². The minimum absolute atomic E-state index is 0.932. The summed E-state index contributed by atoms with van der Waals surface area (Å²) < 4.78 is 1.14. The molecule has 0 aliphatic rings. The van der Waals surface area contributed by atoms with Gasteiger partial charge in [0.25, 0.3) is 0 Å². The standard InChI is InChI=1S/C8H14BrNS/c1-7(9)6-11-8(2)5-10(3)4/h6H,2,5H2,1,3-4H3/b7-6+. The fourth-order valence-corrected chi connectivity index (χ4v) is 1.50. The lowest BCUT2D eigenvalue weighted by Gasteiger charge is -2.09. The summed E-state index contributed by atoms with van der Waals surface area (Å²) in [5.74, 6) is 0. The largest absolute Gasteiger partial charge is 0.305 e. The summed E-state index contributed by atoms with van der Waals surface area (Å²) in [6.45, 7) is 6.86. The van der Waals surface area contributed by atoms with Crippen molar-refractivity contribution in [2.24, 2.45) is 0 Å². The lowest BCUT2D eigenvalue weighted by atomic mass is 10.6. The van der Waals surface area contributed by atoms with Gasteiger partial charge in [-0.15, -0.1) is 11.8 Å². The van der Waals surface area contributed by atoms with E-state index < -0.39 is 0 Å². The zero-order valence-corrected chi connectivity index (χ0v) is 9.63. The SMILES string of the molecule is C=C(CN(C)C)S/C=C(\C)Br. The number of nitrogens with zero attached hydrogens (tertiary/aromatic N) is 1. The van der Waals surface area contributed by atoms with Crippen LogP contribution >= 0.6 is 27.7 Å². The molecule has 0 N–H and O–H groups in total. The van der Waals surface area contributed by atoms with E-state index in [2.05, 4.69) is 27.4 Å². The van der Waals surface area contributed by atoms with Crippen LogP contribution in [0, 0.1) is 0 Å². The summed E-state index contributed by atoms with van der Waals surface area (Å²) in [5, 5.41) is 2.05. The zero-order valence-electron chi connectivity index (χ0n) is 7.22. The number of allylic oxidation sites excluding steroid dienone is 1. The highest BCUT2D eigenvalue weighted by Crippen LogP contribution is 2.19. The van der Waals surface area contributed by atoms with Crippen molar-refractivity contribution in [2.75, 3.05) is 20.6 Å². The van der Waals surface area contributed by atoms with Crippen molar-refractivity contribution in [3.63, 3.8) is 0 Å². The molecule has 0 spiro atoms. The van der Waals surface area contributed by atoms with Crippen LogP contribution in [0.3, 0.4) is 0 Å². The van der Waals surface area contributed by atoms with Crippen LogP contribution in [0.5, 0.6) is 0 Å². The van der Waals surface area contributed by atoms with Crippen LogP contribution in [0.2, 0.25) is 0 Å². The van der Waals surface area contributed by atoms with E-state index in [0.29, 0.717) is 0 Å². The van der Waals surface area contributed by atoms with Crippen molar-refractivity contribution in [3.8, 4) is 0 Å². The Morgan fingerprint density at radius 2 is 2.18 bits per heavy atom. The fraction of sp³-hybridized carbons (Fsp3) is 0.500. The number of likely N-dealkylation sites (N-methyl/N-ethyl adjacent to an activating group) is 1. The monoisotopic (exact) mass is 235 g/mol. The molecule has 64 valence electrons. The maximum Gasteiger partial charge on any atom is 0.0284 e. The molecule has 0 aromatic carbocycles. The van der Waals surface area contributed by atoms with Crippen LogP contribution < -0.4 is 0 Å². The highest BCUT2D eigenvalue weighted by Gasteiger charge is 1.94. The average Bonchev–Trinajstić information content (AvgIpc) is 1.82. The molecule has 3 heteroatoms. The third-order valence-electron chi connectivity index (χ3n) is 0.881. The minimum atomic E-state index is 0.932. The Morgan fingerprint density at radius 3 is 2.55 bits per heavy atom. The van der Waals surface area contributed by atoms with E-state index in [1.165, 1.54) is 0 Å². The van der Waals surface area contributed by atoms with Crippen LogP contribution in [-0.4, -0.2) is 25.5 Å². The van der Waals surface area contributed by atoms with Gasteiger partial charge in [-0.25, -0.2) is 0 Å². The normalized spacial score (nSPS) is 12.3. The topological polar surface area (TPSA) is 3.24 Å². The van der Waals surface area contributed by atoms with Crippen LogP contribution in [0.1, 0.15) is 6.92 Å².